The number of methoxy groups -OCH3 is 2. The summed E-state index contributed by atoms with van der Waals surface area (Å²) in [5.74, 6) is 2.42. The van der Waals surface area contributed by atoms with Gasteiger partial charge in [0.25, 0.3) is 0 Å². The van der Waals surface area contributed by atoms with Gasteiger partial charge < -0.3 is 19.5 Å². The summed E-state index contributed by atoms with van der Waals surface area (Å²) in [4.78, 5) is 12.1. The summed E-state index contributed by atoms with van der Waals surface area (Å²) in [5.41, 5.74) is 0.566. The van der Waals surface area contributed by atoms with Gasteiger partial charge in [0.05, 0.1) is 42.3 Å². The zero-order valence-electron chi connectivity index (χ0n) is 14.4. The highest BCUT2D eigenvalue weighted by molar-refractivity contribution is 7.99. The lowest BCUT2D eigenvalue weighted by Crippen LogP contribution is -2.16. The molecule has 0 spiro atoms. The Hall–Kier alpha value is -1.76. The number of halogens is 2. The van der Waals surface area contributed by atoms with Crippen LogP contribution in [-0.4, -0.2) is 38.2 Å². The molecule has 2 aromatic rings. The molecule has 1 N–H and O–H groups in total. The van der Waals surface area contributed by atoms with Gasteiger partial charge in [-0.05, 0) is 24.3 Å². The molecule has 0 aliphatic heterocycles. The van der Waals surface area contributed by atoms with Crippen LogP contribution in [0.3, 0.4) is 0 Å². The Kier molecular flexibility index (Phi) is 8.22. The highest BCUT2D eigenvalue weighted by atomic mass is 35.5. The van der Waals surface area contributed by atoms with E-state index < -0.39 is 0 Å². The molecule has 0 fully saturated rings. The van der Waals surface area contributed by atoms with Crippen LogP contribution in [0.4, 0.5) is 5.69 Å². The molecule has 0 heterocycles. The average Bonchev–Trinajstić information content (AvgIpc) is 2.63. The number of thioether (sulfide) groups is 1. The lowest BCUT2D eigenvalue weighted by atomic mass is 10.2. The van der Waals surface area contributed by atoms with Gasteiger partial charge >= 0.3 is 0 Å². The monoisotopic (exact) mass is 415 g/mol. The van der Waals surface area contributed by atoms with Crippen LogP contribution in [0.25, 0.3) is 0 Å². The van der Waals surface area contributed by atoms with Crippen LogP contribution in [0, 0.1) is 0 Å². The van der Waals surface area contributed by atoms with Crippen LogP contribution in [0.5, 0.6) is 17.2 Å². The summed E-state index contributed by atoms with van der Waals surface area (Å²) >= 11 is 13.5. The predicted molar refractivity (Wildman–Crippen MR) is 107 cm³/mol. The number of rotatable bonds is 9. The Bertz CT molecular complexity index is 738. The maximum Gasteiger partial charge on any atom is 0.234 e. The third-order valence-electron chi connectivity index (χ3n) is 3.31. The quantitative estimate of drug-likeness (QED) is 0.598. The summed E-state index contributed by atoms with van der Waals surface area (Å²) in [5, 5.41) is 3.74. The SMILES string of the molecule is COc1ccc(OC)c(NC(=O)CSCCOc2c(Cl)cccc2Cl)c1. The minimum absolute atomic E-state index is 0.141. The lowest BCUT2D eigenvalue weighted by molar-refractivity contribution is -0.113. The van der Waals surface area contributed by atoms with E-state index in [0.717, 1.165) is 0 Å². The minimum atomic E-state index is -0.141. The third-order valence-corrected chi connectivity index (χ3v) is 4.82. The number of para-hydroxylation sites is 1. The standard InChI is InChI=1S/C18H19Cl2NO4S/c1-23-12-6-7-16(24-2)15(10-12)21-17(22)11-26-9-8-25-18-13(19)4-3-5-14(18)20/h3-7,10H,8-9,11H2,1-2H3,(H,21,22). The number of anilines is 1. The molecular weight excluding hydrogens is 397 g/mol. The van der Waals surface area contributed by atoms with Crippen molar-refractivity contribution in [2.75, 3.05) is 37.6 Å². The molecule has 2 aromatic carbocycles. The van der Waals surface area contributed by atoms with Crippen LogP contribution < -0.4 is 19.5 Å². The van der Waals surface area contributed by atoms with E-state index in [9.17, 15) is 4.79 Å². The van der Waals surface area contributed by atoms with E-state index >= 15 is 0 Å². The van der Waals surface area contributed by atoms with Gasteiger partial charge in [0, 0.05) is 11.8 Å². The van der Waals surface area contributed by atoms with Crippen molar-refractivity contribution in [1.29, 1.82) is 0 Å². The number of carbonyl (C=O) groups is 1. The van der Waals surface area contributed by atoms with Gasteiger partial charge in [-0.15, -0.1) is 11.8 Å². The molecule has 5 nitrogen and oxygen atoms in total. The molecule has 0 aliphatic rings. The molecule has 0 unspecified atom stereocenters. The van der Waals surface area contributed by atoms with Crippen molar-refractivity contribution < 1.29 is 19.0 Å². The predicted octanol–water partition coefficient (Wildman–Crippen LogP) is 4.76. The fourth-order valence-electron chi connectivity index (χ4n) is 2.09. The first-order chi connectivity index (χ1) is 12.5. The highest BCUT2D eigenvalue weighted by Crippen LogP contribution is 2.32. The molecule has 0 aromatic heterocycles. The molecule has 0 atom stereocenters. The largest absolute Gasteiger partial charge is 0.497 e. The number of benzene rings is 2. The Morgan fingerprint density at radius 3 is 2.50 bits per heavy atom. The van der Waals surface area contributed by atoms with Crippen molar-refractivity contribution in [3.63, 3.8) is 0 Å². The normalized spacial score (nSPS) is 10.3. The Morgan fingerprint density at radius 2 is 1.85 bits per heavy atom. The van der Waals surface area contributed by atoms with E-state index in [1.54, 1.807) is 50.6 Å². The fourth-order valence-corrected chi connectivity index (χ4v) is 3.20. The zero-order valence-corrected chi connectivity index (χ0v) is 16.7. The highest BCUT2D eigenvalue weighted by Gasteiger charge is 2.10. The van der Waals surface area contributed by atoms with Crippen molar-refractivity contribution >= 4 is 46.6 Å². The topological polar surface area (TPSA) is 56.8 Å². The number of amides is 1. The molecule has 0 radical (unpaired) electrons. The first-order valence-electron chi connectivity index (χ1n) is 7.71. The van der Waals surface area contributed by atoms with Gasteiger partial charge in [-0.25, -0.2) is 0 Å². The van der Waals surface area contributed by atoms with E-state index in [1.165, 1.54) is 11.8 Å². The maximum atomic E-state index is 12.1. The van der Waals surface area contributed by atoms with Gasteiger partial charge in [0.2, 0.25) is 5.91 Å². The summed E-state index contributed by atoms with van der Waals surface area (Å²) in [6, 6.07) is 10.4. The molecule has 1 amide bonds. The van der Waals surface area contributed by atoms with E-state index in [4.69, 9.17) is 37.4 Å². The van der Waals surface area contributed by atoms with Crippen molar-refractivity contribution in [3.8, 4) is 17.2 Å². The maximum absolute atomic E-state index is 12.1. The van der Waals surface area contributed by atoms with Crippen LogP contribution >= 0.6 is 35.0 Å². The fraction of sp³-hybridized carbons (Fsp3) is 0.278. The molecule has 8 heteroatoms. The molecular formula is C18H19Cl2NO4S. The average molecular weight is 416 g/mol. The molecule has 0 bridgehead atoms. The van der Waals surface area contributed by atoms with Gasteiger partial charge in [0.1, 0.15) is 11.5 Å². The second-order valence-electron chi connectivity index (χ2n) is 5.07. The molecule has 0 aliphatic carbocycles. The van der Waals surface area contributed by atoms with E-state index in [1.807, 2.05) is 0 Å². The molecule has 0 saturated heterocycles. The van der Waals surface area contributed by atoms with Gasteiger partial charge in [-0.3, -0.25) is 4.79 Å². The summed E-state index contributed by atoms with van der Waals surface area (Å²) in [6.07, 6.45) is 0. The number of nitrogens with one attached hydrogen (secondary N) is 1. The van der Waals surface area contributed by atoms with Gasteiger partial charge in [-0.1, -0.05) is 29.3 Å². The number of carbonyl (C=O) groups excluding carboxylic acids is 1. The van der Waals surface area contributed by atoms with Crippen LogP contribution in [-0.2, 0) is 4.79 Å². The van der Waals surface area contributed by atoms with Crippen LogP contribution in [0.1, 0.15) is 0 Å². The molecule has 2 rings (SSSR count). The Morgan fingerprint density at radius 1 is 1.12 bits per heavy atom. The van der Waals surface area contributed by atoms with Crippen molar-refractivity contribution in [2.24, 2.45) is 0 Å². The number of hydrogen-bond acceptors (Lipinski definition) is 5. The minimum Gasteiger partial charge on any atom is -0.497 e. The van der Waals surface area contributed by atoms with E-state index in [2.05, 4.69) is 5.32 Å². The molecule has 26 heavy (non-hydrogen) atoms. The zero-order chi connectivity index (χ0) is 18.9. The van der Waals surface area contributed by atoms with E-state index in [0.29, 0.717) is 45.3 Å². The van der Waals surface area contributed by atoms with E-state index in [-0.39, 0.29) is 11.7 Å². The number of ether oxygens (including phenoxy) is 3. The Balaban J connectivity index is 1.77. The second-order valence-corrected chi connectivity index (χ2v) is 6.99. The summed E-state index contributed by atoms with van der Waals surface area (Å²) in [7, 11) is 3.11. The first-order valence-corrected chi connectivity index (χ1v) is 9.62. The first kappa shape index (κ1) is 20.6. The molecule has 0 saturated carbocycles. The van der Waals surface area contributed by atoms with Crippen molar-refractivity contribution in [3.05, 3.63) is 46.4 Å². The van der Waals surface area contributed by atoms with Crippen molar-refractivity contribution in [2.45, 2.75) is 0 Å². The second kappa shape index (κ2) is 10.4. The van der Waals surface area contributed by atoms with Gasteiger partial charge in [-0.2, -0.15) is 0 Å². The lowest BCUT2D eigenvalue weighted by Gasteiger charge is -2.12. The van der Waals surface area contributed by atoms with Gasteiger partial charge in [0.15, 0.2) is 5.75 Å². The number of hydrogen-bond donors (Lipinski definition) is 1. The van der Waals surface area contributed by atoms with Crippen LogP contribution in [0.15, 0.2) is 36.4 Å². The Labute approximate surface area is 166 Å². The summed E-state index contributed by atoms with van der Waals surface area (Å²) in [6.45, 7) is 0.393. The smallest absolute Gasteiger partial charge is 0.234 e. The van der Waals surface area contributed by atoms with Crippen molar-refractivity contribution in [1.82, 2.24) is 0 Å². The van der Waals surface area contributed by atoms with Crippen LogP contribution in [0.2, 0.25) is 10.0 Å². The summed E-state index contributed by atoms with van der Waals surface area (Å²) < 4.78 is 16.0. The third kappa shape index (κ3) is 5.90. The molecule has 140 valence electrons.